The van der Waals surface area contributed by atoms with Gasteiger partial charge in [0.1, 0.15) is 41.4 Å². The van der Waals surface area contributed by atoms with Crippen LogP contribution in [-0.2, 0) is 25.4 Å². The number of aliphatic hydroxyl groups is 2. The zero-order valence-electron chi connectivity index (χ0n) is 26.4. The van der Waals surface area contributed by atoms with E-state index < -0.39 is 66.1 Å². The first-order valence-corrected chi connectivity index (χ1v) is 15.4. The first-order valence-electron chi connectivity index (χ1n) is 15.4. The van der Waals surface area contributed by atoms with E-state index in [1.54, 1.807) is 17.9 Å². The molecule has 2 aromatic heterocycles. The summed E-state index contributed by atoms with van der Waals surface area (Å²) >= 11 is 0. The number of nitrogens with zero attached hydrogens (tertiary/aromatic N) is 5. The summed E-state index contributed by atoms with van der Waals surface area (Å²) in [5.41, 5.74) is -0.294. The number of aliphatic hydroxyl groups excluding tert-OH is 2. The Morgan fingerprint density at radius 3 is 2.38 bits per heavy atom. The lowest BCUT2D eigenvalue weighted by Gasteiger charge is -2.43. The number of carbonyl (C=O) groups is 2. The molecule has 2 fully saturated rings. The summed E-state index contributed by atoms with van der Waals surface area (Å²) in [5.74, 6) is -4.48. The third-order valence-electron chi connectivity index (χ3n) is 8.15. The minimum absolute atomic E-state index is 0.00229. The number of aromatic nitrogens is 4. The van der Waals surface area contributed by atoms with E-state index >= 15 is 0 Å². The highest BCUT2D eigenvalue weighted by Crippen LogP contribution is 2.36. The summed E-state index contributed by atoms with van der Waals surface area (Å²) in [4.78, 5) is 26.7. The fourth-order valence-corrected chi connectivity index (χ4v) is 5.77. The standard InChI is InChI=1S/C31H38F3N5O8/c1-5-25(41)45-29-23(13-18-12-22(47-36-18)16-6-8-38(9-7-16)30(43)46-31(2,3)4)44-24(15-40)28(42)27(29)39-14-21(35-37-39)17-10-19(32)26(34)20(33)11-17/h10-12,14,16,23-24,27-29,40,42H,5-9,13,15H2,1-4H3/t23-,24-,27+,28+,29+/m1/s1. The van der Waals surface area contributed by atoms with Gasteiger partial charge in [-0.3, -0.25) is 4.79 Å². The Morgan fingerprint density at radius 1 is 1.09 bits per heavy atom. The first kappa shape index (κ1) is 34.3. The maximum Gasteiger partial charge on any atom is 0.410 e. The van der Waals surface area contributed by atoms with Crippen LogP contribution in [0.15, 0.2) is 28.9 Å². The summed E-state index contributed by atoms with van der Waals surface area (Å²) in [6.07, 6.45) is -2.51. The van der Waals surface area contributed by atoms with E-state index in [1.807, 2.05) is 20.8 Å². The summed E-state index contributed by atoms with van der Waals surface area (Å²) in [6.45, 7) is 7.38. The van der Waals surface area contributed by atoms with Crippen LogP contribution in [0.1, 0.15) is 70.4 Å². The number of carbonyl (C=O) groups excluding carboxylic acids is 2. The highest BCUT2D eigenvalue weighted by atomic mass is 19.2. The third kappa shape index (κ3) is 7.76. The minimum atomic E-state index is -1.64. The monoisotopic (exact) mass is 665 g/mol. The zero-order valence-corrected chi connectivity index (χ0v) is 26.4. The number of ether oxygens (including phenoxy) is 3. The smallest absolute Gasteiger partial charge is 0.410 e. The molecule has 3 aromatic rings. The molecule has 0 spiro atoms. The molecular weight excluding hydrogens is 627 g/mol. The molecule has 2 aliphatic heterocycles. The Kier molecular flexibility index (Phi) is 10.2. The second-order valence-corrected chi connectivity index (χ2v) is 12.7. The van der Waals surface area contributed by atoms with Crippen molar-refractivity contribution in [2.75, 3.05) is 19.7 Å². The molecule has 5 rings (SSSR count). The number of hydrogen-bond acceptors (Lipinski definition) is 11. The molecule has 5 atom stereocenters. The van der Waals surface area contributed by atoms with Crippen LogP contribution in [0.4, 0.5) is 18.0 Å². The van der Waals surface area contributed by atoms with Gasteiger partial charge in [-0.25, -0.2) is 22.6 Å². The lowest BCUT2D eigenvalue weighted by atomic mass is 9.89. The van der Waals surface area contributed by atoms with Crippen LogP contribution in [0.2, 0.25) is 0 Å². The van der Waals surface area contributed by atoms with Gasteiger partial charge in [0.25, 0.3) is 0 Å². The highest BCUT2D eigenvalue weighted by molar-refractivity contribution is 5.69. The van der Waals surface area contributed by atoms with Crippen molar-refractivity contribution in [3.63, 3.8) is 0 Å². The van der Waals surface area contributed by atoms with Gasteiger partial charge in [0.15, 0.2) is 23.6 Å². The van der Waals surface area contributed by atoms with Crippen LogP contribution < -0.4 is 0 Å². The van der Waals surface area contributed by atoms with Crippen molar-refractivity contribution < 1.29 is 51.7 Å². The summed E-state index contributed by atoms with van der Waals surface area (Å²) in [6, 6.07) is 2.12. The van der Waals surface area contributed by atoms with Gasteiger partial charge in [0.2, 0.25) is 0 Å². The zero-order chi connectivity index (χ0) is 34.0. The number of piperidine rings is 1. The molecule has 256 valence electrons. The van der Waals surface area contributed by atoms with Gasteiger partial charge in [0, 0.05) is 43.5 Å². The molecule has 1 aromatic carbocycles. The van der Waals surface area contributed by atoms with Gasteiger partial charge in [-0.15, -0.1) is 5.10 Å². The summed E-state index contributed by atoms with van der Waals surface area (Å²) in [5, 5.41) is 33.4. The maximum atomic E-state index is 13.9. The van der Waals surface area contributed by atoms with Crippen LogP contribution in [0, 0.1) is 17.5 Å². The number of rotatable bonds is 8. The van der Waals surface area contributed by atoms with Gasteiger partial charge in [-0.1, -0.05) is 17.3 Å². The molecule has 4 heterocycles. The van der Waals surface area contributed by atoms with Crippen molar-refractivity contribution in [1.29, 1.82) is 0 Å². The average Bonchev–Trinajstić information content (AvgIpc) is 3.70. The molecule has 0 saturated carbocycles. The molecule has 47 heavy (non-hydrogen) atoms. The van der Waals surface area contributed by atoms with Gasteiger partial charge in [-0.05, 0) is 45.7 Å². The van der Waals surface area contributed by atoms with E-state index in [9.17, 15) is 33.0 Å². The van der Waals surface area contributed by atoms with E-state index in [0.29, 0.717) is 37.4 Å². The van der Waals surface area contributed by atoms with E-state index in [-0.39, 0.29) is 36.1 Å². The molecule has 16 heteroatoms. The Hall–Kier alpha value is -4.02. The number of halogens is 3. The van der Waals surface area contributed by atoms with Crippen molar-refractivity contribution in [3.05, 3.63) is 53.3 Å². The van der Waals surface area contributed by atoms with Crippen LogP contribution in [0.5, 0.6) is 0 Å². The molecule has 2 saturated heterocycles. The van der Waals surface area contributed by atoms with E-state index in [1.165, 1.54) is 6.20 Å². The predicted molar refractivity (Wildman–Crippen MR) is 156 cm³/mol. The number of hydrogen-bond donors (Lipinski definition) is 2. The Bertz CT molecular complexity index is 1550. The van der Waals surface area contributed by atoms with Gasteiger partial charge >= 0.3 is 12.1 Å². The third-order valence-corrected chi connectivity index (χ3v) is 8.15. The van der Waals surface area contributed by atoms with E-state index in [2.05, 4.69) is 15.5 Å². The molecule has 13 nitrogen and oxygen atoms in total. The number of benzene rings is 1. The molecule has 0 aliphatic carbocycles. The Balaban J connectivity index is 1.36. The van der Waals surface area contributed by atoms with Crippen LogP contribution in [-0.4, -0.2) is 97.0 Å². The Labute approximate surface area is 268 Å². The largest absolute Gasteiger partial charge is 0.457 e. The topological polar surface area (TPSA) is 162 Å². The average molecular weight is 666 g/mol. The molecule has 2 N–H and O–H groups in total. The molecule has 0 bridgehead atoms. The first-order chi connectivity index (χ1) is 22.3. The van der Waals surface area contributed by atoms with Gasteiger partial charge in [0.05, 0.1) is 18.5 Å². The van der Waals surface area contributed by atoms with Crippen molar-refractivity contribution >= 4 is 12.1 Å². The molecule has 0 radical (unpaired) electrons. The Morgan fingerprint density at radius 2 is 1.77 bits per heavy atom. The number of amides is 1. The molecule has 0 unspecified atom stereocenters. The predicted octanol–water partition coefficient (Wildman–Crippen LogP) is 3.69. The normalized spacial score (nSPS) is 23.9. The van der Waals surface area contributed by atoms with E-state index in [4.69, 9.17) is 18.7 Å². The molecular formula is C31H38F3N5O8. The second-order valence-electron chi connectivity index (χ2n) is 12.7. The van der Waals surface area contributed by atoms with Crippen molar-refractivity contribution in [2.24, 2.45) is 0 Å². The fourth-order valence-electron chi connectivity index (χ4n) is 5.77. The van der Waals surface area contributed by atoms with Crippen molar-refractivity contribution in [2.45, 2.75) is 95.4 Å². The van der Waals surface area contributed by atoms with Crippen molar-refractivity contribution in [1.82, 2.24) is 25.1 Å². The summed E-state index contributed by atoms with van der Waals surface area (Å²) in [7, 11) is 0. The fraction of sp³-hybridized carbons (Fsp3) is 0.581. The second kappa shape index (κ2) is 14.0. The number of esters is 1. The number of likely N-dealkylation sites (tertiary alicyclic amines) is 1. The minimum Gasteiger partial charge on any atom is -0.457 e. The van der Waals surface area contributed by atoms with Gasteiger partial charge < -0.3 is 33.8 Å². The molecule has 2 aliphatic rings. The quantitative estimate of drug-likeness (QED) is 0.267. The maximum absolute atomic E-state index is 13.9. The highest BCUT2D eigenvalue weighted by Gasteiger charge is 2.49. The summed E-state index contributed by atoms with van der Waals surface area (Å²) < 4.78 is 65.5. The van der Waals surface area contributed by atoms with Crippen LogP contribution >= 0.6 is 0 Å². The lowest BCUT2D eigenvalue weighted by Crippen LogP contribution is -2.57. The van der Waals surface area contributed by atoms with Gasteiger partial charge in [-0.2, -0.15) is 0 Å². The van der Waals surface area contributed by atoms with Crippen LogP contribution in [0.3, 0.4) is 0 Å². The van der Waals surface area contributed by atoms with Crippen molar-refractivity contribution in [3.8, 4) is 11.3 Å². The molecule has 1 amide bonds. The SMILES string of the molecule is CCC(=O)O[C@@H]1[C@@H](n2cc(-c3cc(F)c(F)c(F)c3)nn2)[C@@H](O)[C@@H](CO)O[C@@H]1Cc1cc(C2CCN(C(=O)OC(C)(C)C)CC2)on1. The lowest BCUT2D eigenvalue weighted by molar-refractivity contribution is -0.218. The van der Waals surface area contributed by atoms with Crippen LogP contribution in [0.25, 0.3) is 11.3 Å². The van der Waals surface area contributed by atoms with E-state index in [0.717, 1.165) is 16.8 Å².